The van der Waals surface area contributed by atoms with Crippen LogP contribution in [0.5, 0.6) is 5.75 Å². The fourth-order valence-electron chi connectivity index (χ4n) is 2.32. The monoisotopic (exact) mass is 287 g/mol. The van der Waals surface area contributed by atoms with Gasteiger partial charge in [0.25, 0.3) is 0 Å². The molecule has 4 nitrogen and oxygen atoms in total. The number of aromatic nitrogens is 2. The minimum absolute atomic E-state index is 0.510. The third-order valence-corrected chi connectivity index (χ3v) is 3.67. The minimum Gasteiger partial charge on any atom is -0.497 e. The molecule has 0 aliphatic rings. The van der Waals surface area contributed by atoms with Gasteiger partial charge in [0.15, 0.2) is 0 Å². The van der Waals surface area contributed by atoms with Gasteiger partial charge in [-0.25, -0.2) is 0 Å². The third kappa shape index (κ3) is 5.23. The normalized spacial score (nSPS) is 12.3. The summed E-state index contributed by atoms with van der Waals surface area (Å²) in [6, 6.07) is 10.9. The molecule has 0 fully saturated rings. The Morgan fingerprint density at radius 3 is 2.57 bits per heavy atom. The van der Waals surface area contributed by atoms with Crippen LogP contribution in [-0.4, -0.2) is 29.5 Å². The van der Waals surface area contributed by atoms with Crippen molar-refractivity contribution in [1.82, 2.24) is 15.1 Å². The van der Waals surface area contributed by atoms with Crippen LogP contribution >= 0.6 is 0 Å². The maximum absolute atomic E-state index is 5.17. The average Bonchev–Trinajstić information content (AvgIpc) is 2.91. The van der Waals surface area contributed by atoms with Gasteiger partial charge in [0.1, 0.15) is 5.75 Å². The molecule has 21 heavy (non-hydrogen) atoms. The van der Waals surface area contributed by atoms with Crippen molar-refractivity contribution in [1.29, 1.82) is 0 Å². The molecule has 0 saturated carbocycles. The van der Waals surface area contributed by atoms with Crippen molar-refractivity contribution in [3.05, 3.63) is 47.8 Å². The van der Waals surface area contributed by atoms with Gasteiger partial charge in [0.05, 0.1) is 12.8 Å². The van der Waals surface area contributed by atoms with Gasteiger partial charge in [-0.3, -0.25) is 4.68 Å². The van der Waals surface area contributed by atoms with E-state index >= 15 is 0 Å². The molecule has 4 heteroatoms. The topological polar surface area (TPSA) is 39.1 Å². The van der Waals surface area contributed by atoms with E-state index in [1.165, 1.54) is 5.56 Å². The Bertz CT molecular complexity index is 533. The highest BCUT2D eigenvalue weighted by Crippen LogP contribution is 2.13. The first-order valence-electron chi connectivity index (χ1n) is 7.52. The Balaban J connectivity index is 1.65. The second-order valence-corrected chi connectivity index (χ2v) is 5.47. The van der Waals surface area contributed by atoms with Crippen molar-refractivity contribution in [2.24, 2.45) is 7.05 Å². The number of nitrogens with zero attached hydrogens (tertiary/aromatic N) is 2. The predicted octanol–water partition coefficient (Wildman–Crippen LogP) is 2.58. The summed E-state index contributed by atoms with van der Waals surface area (Å²) in [6.07, 6.45) is 5.19. The molecule has 0 aliphatic carbocycles. The number of ether oxygens (including phenoxy) is 1. The molecule has 1 unspecified atom stereocenters. The zero-order valence-corrected chi connectivity index (χ0v) is 13.2. The summed E-state index contributed by atoms with van der Waals surface area (Å²) in [5.41, 5.74) is 2.50. The van der Waals surface area contributed by atoms with E-state index in [0.29, 0.717) is 6.04 Å². The molecular formula is C17H25N3O. The SMILES string of the molecule is COc1ccc(CCC(C)NCCc2ccn(C)n2)cc1. The number of rotatable bonds is 8. The second kappa shape index (κ2) is 7.84. The molecule has 1 aromatic heterocycles. The Hall–Kier alpha value is -1.81. The number of methoxy groups -OCH3 is 1. The van der Waals surface area contributed by atoms with Gasteiger partial charge in [-0.1, -0.05) is 12.1 Å². The largest absolute Gasteiger partial charge is 0.497 e. The van der Waals surface area contributed by atoms with Gasteiger partial charge < -0.3 is 10.1 Å². The van der Waals surface area contributed by atoms with Crippen molar-refractivity contribution in [3.63, 3.8) is 0 Å². The summed E-state index contributed by atoms with van der Waals surface area (Å²) < 4.78 is 7.02. The first-order chi connectivity index (χ1) is 10.2. The highest BCUT2D eigenvalue weighted by molar-refractivity contribution is 5.27. The van der Waals surface area contributed by atoms with Crippen molar-refractivity contribution in [2.75, 3.05) is 13.7 Å². The molecule has 0 spiro atoms. The van der Waals surface area contributed by atoms with Gasteiger partial charge in [0.2, 0.25) is 0 Å². The number of hydrogen-bond acceptors (Lipinski definition) is 3. The van der Waals surface area contributed by atoms with E-state index < -0.39 is 0 Å². The zero-order valence-electron chi connectivity index (χ0n) is 13.2. The van der Waals surface area contributed by atoms with E-state index in [0.717, 1.165) is 37.3 Å². The van der Waals surface area contributed by atoms with Gasteiger partial charge in [-0.15, -0.1) is 0 Å². The molecule has 0 aliphatic heterocycles. The summed E-state index contributed by atoms with van der Waals surface area (Å²) in [6.45, 7) is 3.21. The highest BCUT2D eigenvalue weighted by Gasteiger charge is 2.03. The molecule has 1 N–H and O–H groups in total. The van der Waals surface area contributed by atoms with Crippen molar-refractivity contribution < 1.29 is 4.74 Å². The van der Waals surface area contributed by atoms with Crippen LogP contribution in [0.25, 0.3) is 0 Å². The fourth-order valence-corrected chi connectivity index (χ4v) is 2.32. The Kier molecular flexibility index (Phi) is 5.81. The van der Waals surface area contributed by atoms with Crippen LogP contribution in [0.3, 0.4) is 0 Å². The Morgan fingerprint density at radius 1 is 1.19 bits per heavy atom. The van der Waals surface area contributed by atoms with Crippen LogP contribution in [0.2, 0.25) is 0 Å². The van der Waals surface area contributed by atoms with Gasteiger partial charge >= 0.3 is 0 Å². The summed E-state index contributed by atoms with van der Waals surface area (Å²) >= 11 is 0. The fraction of sp³-hybridized carbons (Fsp3) is 0.471. The van der Waals surface area contributed by atoms with E-state index in [1.54, 1.807) is 7.11 Å². The molecule has 114 valence electrons. The lowest BCUT2D eigenvalue weighted by molar-refractivity contribution is 0.414. The van der Waals surface area contributed by atoms with Crippen LogP contribution < -0.4 is 10.1 Å². The standard InChI is InChI=1S/C17H25N3O/c1-14(18-12-10-16-11-13-20(2)19-16)4-5-15-6-8-17(21-3)9-7-15/h6-9,11,13-14,18H,4-5,10,12H2,1-3H3. The molecule has 0 amide bonds. The maximum Gasteiger partial charge on any atom is 0.118 e. The van der Waals surface area contributed by atoms with E-state index in [9.17, 15) is 0 Å². The van der Waals surface area contributed by atoms with Gasteiger partial charge in [0, 0.05) is 32.3 Å². The highest BCUT2D eigenvalue weighted by atomic mass is 16.5. The van der Waals surface area contributed by atoms with Crippen molar-refractivity contribution in [2.45, 2.75) is 32.2 Å². The molecule has 1 heterocycles. The molecule has 2 aromatic rings. The molecule has 1 atom stereocenters. The van der Waals surface area contributed by atoms with Crippen molar-refractivity contribution in [3.8, 4) is 5.75 Å². The molecule has 0 radical (unpaired) electrons. The summed E-state index contributed by atoms with van der Waals surface area (Å²) in [5.74, 6) is 0.917. The van der Waals surface area contributed by atoms with E-state index in [2.05, 4.69) is 35.5 Å². The number of nitrogens with one attached hydrogen (secondary N) is 1. The van der Waals surface area contributed by atoms with Crippen LogP contribution in [-0.2, 0) is 19.9 Å². The second-order valence-electron chi connectivity index (χ2n) is 5.47. The maximum atomic E-state index is 5.17. The van der Waals surface area contributed by atoms with E-state index in [1.807, 2.05) is 30.1 Å². The van der Waals surface area contributed by atoms with Crippen molar-refractivity contribution >= 4 is 0 Å². The first kappa shape index (κ1) is 15.6. The molecular weight excluding hydrogens is 262 g/mol. The van der Waals surface area contributed by atoms with Crippen LogP contribution in [0, 0.1) is 0 Å². The van der Waals surface area contributed by atoms with Gasteiger partial charge in [-0.05, 0) is 43.5 Å². The Labute approximate surface area is 127 Å². The Morgan fingerprint density at radius 2 is 1.95 bits per heavy atom. The van der Waals surface area contributed by atoms with Crippen LogP contribution in [0.4, 0.5) is 0 Å². The average molecular weight is 287 g/mol. The number of hydrogen-bond donors (Lipinski definition) is 1. The van der Waals surface area contributed by atoms with Crippen LogP contribution in [0.1, 0.15) is 24.6 Å². The number of aryl methyl sites for hydroxylation is 2. The minimum atomic E-state index is 0.510. The molecule has 2 rings (SSSR count). The summed E-state index contributed by atoms with van der Waals surface area (Å²) in [7, 11) is 3.65. The molecule has 1 aromatic carbocycles. The zero-order chi connectivity index (χ0) is 15.1. The lowest BCUT2D eigenvalue weighted by Gasteiger charge is -2.13. The summed E-state index contributed by atoms with van der Waals surface area (Å²) in [4.78, 5) is 0. The quantitative estimate of drug-likeness (QED) is 0.811. The predicted molar refractivity (Wildman–Crippen MR) is 85.7 cm³/mol. The lowest BCUT2D eigenvalue weighted by Crippen LogP contribution is -2.28. The molecule has 0 saturated heterocycles. The van der Waals surface area contributed by atoms with E-state index in [-0.39, 0.29) is 0 Å². The summed E-state index contributed by atoms with van der Waals surface area (Å²) in [5, 5.41) is 7.94. The smallest absolute Gasteiger partial charge is 0.118 e. The molecule has 0 bridgehead atoms. The van der Waals surface area contributed by atoms with E-state index in [4.69, 9.17) is 4.74 Å². The number of benzene rings is 1. The van der Waals surface area contributed by atoms with Gasteiger partial charge in [-0.2, -0.15) is 5.10 Å². The van der Waals surface area contributed by atoms with Crippen LogP contribution in [0.15, 0.2) is 36.5 Å². The first-order valence-corrected chi connectivity index (χ1v) is 7.52. The lowest BCUT2D eigenvalue weighted by atomic mass is 10.1. The third-order valence-electron chi connectivity index (χ3n) is 3.67.